The van der Waals surface area contributed by atoms with Gasteiger partial charge in [-0.05, 0) is 36.6 Å². The minimum Gasteiger partial charge on any atom is -0.312 e. The number of halogens is 1. The van der Waals surface area contributed by atoms with E-state index >= 15 is 0 Å². The van der Waals surface area contributed by atoms with Gasteiger partial charge in [0.25, 0.3) is 0 Å². The smallest absolute Gasteiger partial charge is 0.240 e. The molecular formula is C17H21ClN4O3S. The molecule has 1 aromatic carbocycles. The predicted octanol–water partition coefficient (Wildman–Crippen LogP) is 2.28. The molecule has 1 atom stereocenters. The van der Waals surface area contributed by atoms with Crippen LogP contribution in [0.1, 0.15) is 19.8 Å². The standard InChI is InChI=1S/C17H21ClN4O3S/c1-13(11-21-12-14(18)10-19-21)9-20-26(24,25)16-6-4-15(5-7-16)22-8-2-3-17(22)23/h4-7,10,12-13,20H,2-3,8-9,11H2,1H3/t13-/m0/s1. The lowest BCUT2D eigenvalue weighted by atomic mass is 10.2. The van der Waals surface area contributed by atoms with Crippen LogP contribution in [-0.4, -0.2) is 37.2 Å². The monoisotopic (exact) mass is 396 g/mol. The first-order chi connectivity index (χ1) is 12.3. The molecule has 7 nitrogen and oxygen atoms in total. The van der Waals surface area contributed by atoms with Gasteiger partial charge in [-0.1, -0.05) is 18.5 Å². The number of aromatic nitrogens is 2. The zero-order valence-corrected chi connectivity index (χ0v) is 16.0. The Morgan fingerprint density at radius 3 is 2.62 bits per heavy atom. The lowest BCUT2D eigenvalue weighted by molar-refractivity contribution is -0.117. The molecule has 0 bridgehead atoms. The molecule has 1 fully saturated rings. The van der Waals surface area contributed by atoms with Crippen LogP contribution in [0.2, 0.25) is 5.02 Å². The molecule has 1 amide bonds. The summed E-state index contributed by atoms with van der Waals surface area (Å²) in [7, 11) is -3.61. The van der Waals surface area contributed by atoms with Crippen molar-refractivity contribution in [3.05, 3.63) is 41.7 Å². The van der Waals surface area contributed by atoms with Crippen molar-refractivity contribution in [1.82, 2.24) is 14.5 Å². The topological polar surface area (TPSA) is 84.3 Å². The van der Waals surface area contributed by atoms with E-state index in [-0.39, 0.29) is 23.3 Å². The van der Waals surface area contributed by atoms with E-state index in [4.69, 9.17) is 11.6 Å². The van der Waals surface area contributed by atoms with Crippen molar-refractivity contribution in [2.75, 3.05) is 18.0 Å². The summed E-state index contributed by atoms with van der Waals surface area (Å²) in [6.45, 7) is 3.45. The minimum absolute atomic E-state index is 0.0437. The molecule has 1 aliphatic rings. The molecule has 2 aromatic rings. The van der Waals surface area contributed by atoms with Gasteiger partial charge in [0.1, 0.15) is 0 Å². The Morgan fingerprint density at radius 2 is 2.04 bits per heavy atom. The Morgan fingerprint density at radius 1 is 1.31 bits per heavy atom. The van der Waals surface area contributed by atoms with E-state index < -0.39 is 10.0 Å². The van der Waals surface area contributed by atoms with Crippen molar-refractivity contribution in [2.24, 2.45) is 5.92 Å². The number of anilines is 1. The molecule has 1 aliphatic heterocycles. The Bertz CT molecular complexity index is 880. The van der Waals surface area contributed by atoms with Gasteiger partial charge in [-0.2, -0.15) is 5.10 Å². The van der Waals surface area contributed by atoms with Crippen LogP contribution in [0.25, 0.3) is 0 Å². The fourth-order valence-electron chi connectivity index (χ4n) is 2.88. The molecule has 0 aliphatic carbocycles. The van der Waals surface area contributed by atoms with Crippen LogP contribution < -0.4 is 9.62 Å². The van der Waals surface area contributed by atoms with Crippen LogP contribution in [0.4, 0.5) is 5.69 Å². The lowest BCUT2D eigenvalue weighted by Gasteiger charge is -2.16. The number of amides is 1. The average Bonchev–Trinajstić information content (AvgIpc) is 3.21. The van der Waals surface area contributed by atoms with Gasteiger partial charge in [-0.3, -0.25) is 9.48 Å². The first-order valence-electron chi connectivity index (χ1n) is 8.43. The largest absolute Gasteiger partial charge is 0.312 e. The van der Waals surface area contributed by atoms with Crippen LogP contribution in [0.15, 0.2) is 41.6 Å². The van der Waals surface area contributed by atoms with Crippen LogP contribution in [0, 0.1) is 5.92 Å². The van der Waals surface area contributed by atoms with Gasteiger partial charge in [-0.25, -0.2) is 13.1 Å². The van der Waals surface area contributed by atoms with Gasteiger partial charge in [0, 0.05) is 37.9 Å². The predicted molar refractivity (Wildman–Crippen MR) is 99.6 cm³/mol. The van der Waals surface area contributed by atoms with Crippen molar-refractivity contribution in [1.29, 1.82) is 0 Å². The maximum absolute atomic E-state index is 12.5. The van der Waals surface area contributed by atoms with Crippen molar-refractivity contribution in [3.63, 3.8) is 0 Å². The van der Waals surface area contributed by atoms with E-state index in [9.17, 15) is 13.2 Å². The van der Waals surface area contributed by atoms with Gasteiger partial charge in [0.15, 0.2) is 0 Å². The molecular weight excluding hydrogens is 376 g/mol. The number of nitrogens with one attached hydrogen (secondary N) is 1. The maximum Gasteiger partial charge on any atom is 0.240 e. The van der Waals surface area contributed by atoms with Crippen LogP contribution in [0.3, 0.4) is 0 Å². The maximum atomic E-state index is 12.5. The lowest BCUT2D eigenvalue weighted by Crippen LogP contribution is -2.30. The fourth-order valence-corrected chi connectivity index (χ4v) is 4.21. The molecule has 0 spiro atoms. The first-order valence-corrected chi connectivity index (χ1v) is 10.3. The van der Waals surface area contributed by atoms with E-state index in [0.29, 0.717) is 24.5 Å². The number of hydrogen-bond acceptors (Lipinski definition) is 4. The van der Waals surface area contributed by atoms with Gasteiger partial charge in [0.2, 0.25) is 15.9 Å². The molecule has 0 saturated carbocycles. The zero-order chi connectivity index (χ0) is 18.7. The van der Waals surface area contributed by atoms with Gasteiger partial charge < -0.3 is 4.90 Å². The van der Waals surface area contributed by atoms with Crippen LogP contribution >= 0.6 is 11.6 Å². The van der Waals surface area contributed by atoms with E-state index in [0.717, 1.165) is 12.1 Å². The molecule has 1 aromatic heterocycles. The van der Waals surface area contributed by atoms with Gasteiger partial charge >= 0.3 is 0 Å². The summed E-state index contributed by atoms with van der Waals surface area (Å²) in [5.41, 5.74) is 0.732. The number of carbonyl (C=O) groups is 1. The highest BCUT2D eigenvalue weighted by Gasteiger charge is 2.22. The number of rotatable bonds is 7. The second-order valence-corrected chi connectivity index (χ2v) is 8.68. The highest BCUT2D eigenvalue weighted by Crippen LogP contribution is 2.23. The molecule has 1 N–H and O–H groups in total. The third kappa shape index (κ3) is 4.44. The average molecular weight is 397 g/mol. The first kappa shape index (κ1) is 18.9. The SMILES string of the molecule is C[C@@H](CNS(=O)(=O)c1ccc(N2CCCC2=O)cc1)Cn1cc(Cl)cn1. The highest BCUT2D eigenvalue weighted by atomic mass is 35.5. The number of benzene rings is 1. The second-order valence-electron chi connectivity index (χ2n) is 6.48. The molecule has 0 unspecified atom stereocenters. The Labute approximate surface area is 158 Å². The summed E-state index contributed by atoms with van der Waals surface area (Å²) >= 11 is 5.82. The summed E-state index contributed by atoms with van der Waals surface area (Å²) < 4.78 is 29.2. The molecule has 3 rings (SSSR count). The number of sulfonamides is 1. The summed E-state index contributed by atoms with van der Waals surface area (Å²) in [5.74, 6) is 0.119. The Hall–Kier alpha value is -1.90. The fraction of sp³-hybridized carbons (Fsp3) is 0.412. The van der Waals surface area contributed by atoms with Gasteiger partial charge in [0.05, 0.1) is 16.1 Å². The van der Waals surface area contributed by atoms with Crippen molar-refractivity contribution in [2.45, 2.75) is 31.2 Å². The van der Waals surface area contributed by atoms with E-state index in [2.05, 4.69) is 9.82 Å². The molecule has 140 valence electrons. The van der Waals surface area contributed by atoms with E-state index in [1.807, 2.05) is 6.92 Å². The Kier molecular flexibility index (Phi) is 5.64. The third-order valence-corrected chi connectivity index (χ3v) is 5.89. The molecule has 26 heavy (non-hydrogen) atoms. The van der Waals surface area contributed by atoms with Crippen molar-refractivity contribution < 1.29 is 13.2 Å². The number of nitrogens with zero attached hydrogens (tertiary/aromatic N) is 3. The normalized spacial score (nSPS) is 16.2. The molecule has 1 saturated heterocycles. The summed E-state index contributed by atoms with van der Waals surface area (Å²) in [5, 5.41) is 4.64. The number of carbonyl (C=O) groups excluding carboxylic acids is 1. The quantitative estimate of drug-likeness (QED) is 0.778. The van der Waals surface area contributed by atoms with Crippen LogP contribution in [-0.2, 0) is 21.4 Å². The highest BCUT2D eigenvalue weighted by molar-refractivity contribution is 7.89. The summed E-state index contributed by atoms with van der Waals surface area (Å²) in [4.78, 5) is 13.6. The second kappa shape index (κ2) is 7.77. The van der Waals surface area contributed by atoms with Crippen molar-refractivity contribution in [3.8, 4) is 0 Å². The summed E-state index contributed by atoms with van der Waals surface area (Å²) in [6, 6.07) is 6.41. The van der Waals surface area contributed by atoms with E-state index in [1.54, 1.807) is 34.1 Å². The number of hydrogen-bond donors (Lipinski definition) is 1. The molecule has 2 heterocycles. The Balaban J connectivity index is 1.59. The van der Waals surface area contributed by atoms with Crippen LogP contribution in [0.5, 0.6) is 0 Å². The van der Waals surface area contributed by atoms with Crippen molar-refractivity contribution >= 4 is 33.2 Å². The zero-order valence-electron chi connectivity index (χ0n) is 14.4. The van der Waals surface area contributed by atoms with E-state index in [1.165, 1.54) is 12.1 Å². The minimum atomic E-state index is -3.61. The molecule has 0 radical (unpaired) electrons. The molecule has 9 heteroatoms. The summed E-state index contributed by atoms with van der Waals surface area (Å²) in [6.07, 6.45) is 4.62. The van der Waals surface area contributed by atoms with Gasteiger partial charge in [-0.15, -0.1) is 0 Å². The third-order valence-electron chi connectivity index (χ3n) is 4.25.